The van der Waals surface area contributed by atoms with Gasteiger partial charge in [0.2, 0.25) is 0 Å². The highest BCUT2D eigenvalue weighted by Gasteiger charge is 2.19. The zero-order valence-electron chi connectivity index (χ0n) is 17.0. The monoisotopic (exact) mass is 378 g/mol. The molecule has 26 heavy (non-hydrogen) atoms. The lowest BCUT2D eigenvalue weighted by molar-refractivity contribution is -0.910. The average Bonchev–Trinajstić information content (AvgIpc) is 2.56. The fourth-order valence-electron chi connectivity index (χ4n) is 3.15. The van der Waals surface area contributed by atoms with Gasteiger partial charge in [-0.1, -0.05) is 71.1 Å². The van der Waals surface area contributed by atoms with Crippen LogP contribution in [0.3, 0.4) is 0 Å². The molecule has 7 nitrogen and oxygen atoms in total. The predicted octanol–water partition coefficient (Wildman–Crippen LogP) is 3.88. The maximum absolute atomic E-state index is 9.12. The van der Waals surface area contributed by atoms with E-state index in [-0.39, 0.29) is 13.2 Å². The maximum atomic E-state index is 9.12. The first kappa shape index (κ1) is 27.3. The first-order chi connectivity index (χ1) is 12.4. The van der Waals surface area contributed by atoms with Crippen LogP contribution in [0.4, 0.5) is 0 Å². The van der Waals surface area contributed by atoms with E-state index in [9.17, 15) is 0 Å². The summed E-state index contributed by atoms with van der Waals surface area (Å²) >= 11 is 0. The summed E-state index contributed by atoms with van der Waals surface area (Å²) in [6, 6.07) is 0. The van der Waals surface area contributed by atoms with Crippen molar-refractivity contribution < 1.29 is 19.8 Å². The van der Waals surface area contributed by atoms with Gasteiger partial charge in [-0.15, -0.1) is 0 Å². The minimum Gasteiger partial charge on any atom is -0.391 e. The molecule has 0 radical (unpaired) electrons. The molecule has 0 spiro atoms. The number of nitrogens with zero attached hydrogens (tertiary/aromatic N) is 2. The molecule has 0 aromatic carbocycles. The van der Waals surface area contributed by atoms with E-state index < -0.39 is 5.09 Å². The number of aliphatic hydroxyl groups excluding tert-OH is 2. The first-order valence-corrected chi connectivity index (χ1v) is 10.3. The quantitative estimate of drug-likeness (QED) is 0.173. The van der Waals surface area contributed by atoms with Crippen LogP contribution in [0.15, 0.2) is 0 Å². The first-order valence-electron chi connectivity index (χ1n) is 10.3. The van der Waals surface area contributed by atoms with Crippen molar-refractivity contribution in [1.29, 1.82) is 0 Å². The van der Waals surface area contributed by atoms with Gasteiger partial charge < -0.3 is 30.0 Å². The molecule has 0 bridgehead atoms. The van der Waals surface area contributed by atoms with Gasteiger partial charge >= 0.3 is 0 Å². The summed E-state index contributed by atoms with van der Waals surface area (Å²) in [4.78, 5) is 8.25. The summed E-state index contributed by atoms with van der Waals surface area (Å²) in [6.07, 6.45) is 16.5. The Balaban J connectivity index is 0. The SMILES string of the molecule is CCCCCCCCCCCCCC[N+](C)(CCO)CCO.O=[N+]([O-])[O-]. The number of hydrogen-bond donors (Lipinski definition) is 2. The number of likely N-dealkylation sites (N-methyl/N-ethyl adjacent to an activating group) is 1. The van der Waals surface area contributed by atoms with Crippen molar-refractivity contribution in [2.45, 2.75) is 84.0 Å². The van der Waals surface area contributed by atoms with Crippen LogP contribution in [-0.4, -0.2) is 59.7 Å². The third kappa shape index (κ3) is 23.1. The molecule has 0 aliphatic carbocycles. The molecule has 158 valence electrons. The molecule has 0 aliphatic heterocycles. The van der Waals surface area contributed by atoms with E-state index in [0.717, 1.165) is 24.1 Å². The zero-order chi connectivity index (χ0) is 20.1. The fourth-order valence-corrected chi connectivity index (χ4v) is 3.15. The normalized spacial score (nSPS) is 11.1. The van der Waals surface area contributed by atoms with Crippen molar-refractivity contribution in [3.8, 4) is 0 Å². The van der Waals surface area contributed by atoms with Gasteiger partial charge in [-0.3, -0.25) is 0 Å². The number of aliphatic hydroxyl groups is 2. The average molecular weight is 379 g/mol. The third-order valence-electron chi connectivity index (χ3n) is 4.83. The molecule has 2 N–H and O–H groups in total. The Morgan fingerprint density at radius 2 is 1.00 bits per heavy atom. The summed E-state index contributed by atoms with van der Waals surface area (Å²) in [5, 5.41) is 33.0. The van der Waals surface area contributed by atoms with Gasteiger partial charge in [0.05, 0.1) is 31.9 Å². The Kier molecular flexibility index (Phi) is 21.4. The van der Waals surface area contributed by atoms with Gasteiger partial charge in [-0.05, 0) is 12.8 Å². The Morgan fingerprint density at radius 1 is 0.692 bits per heavy atom. The van der Waals surface area contributed by atoms with E-state index in [2.05, 4.69) is 14.0 Å². The van der Waals surface area contributed by atoms with Crippen LogP contribution in [0.2, 0.25) is 0 Å². The number of hydrogen-bond acceptors (Lipinski definition) is 5. The number of rotatable bonds is 17. The minimum atomic E-state index is -1.75. The molecule has 0 atom stereocenters. The zero-order valence-corrected chi connectivity index (χ0v) is 17.0. The van der Waals surface area contributed by atoms with Gasteiger partial charge in [0.15, 0.2) is 0 Å². The largest absolute Gasteiger partial charge is 0.391 e. The van der Waals surface area contributed by atoms with Crippen LogP contribution in [-0.2, 0) is 0 Å². The topological polar surface area (TPSA) is 107 Å². The molecule has 0 unspecified atom stereocenters. The van der Waals surface area contributed by atoms with E-state index in [4.69, 9.17) is 25.5 Å². The highest BCUT2D eigenvalue weighted by molar-refractivity contribution is 4.49. The highest BCUT2D eigenvalue weighted by atomic mass is 16.9. The van der Waals surface area contributed by atoms with Crippen LogP contribution in [0.1, 0.15) is 84.0 Å². The highest BCUT2D eigenvalue weighted by Crippen LogP contribution is 2.13. The molecule has 0 aromatic heterocycles. The van der Waals surface area contributed by atoms with Gasteiger partial charge in [0, 0.05) is 0 Å². The van der Waals surface area contributed by atoms with Gasteiger partial charge in [0.25, 0.3) is 0 Å². The second-order valence-corrected chi connectivity index (χ2v) is 7.35. The lowest BCUT2D eigenvalue weighted by Gasteiger charge is -2.33. The van der Waals surface area contributed by atoms with E-state index in [1.807, 2.05) is 0 Å². The van der Waals surface area contributed by atoms with E-state index >= 15 is 0 Å². The molecule has 0 saturated heterocycles. The van der Waals surface area contributed by atoms with E-state index in [0.29, 0.717) is 0 Å². The van der Waals surface area contributed by atoms with Crippen molar-refractivity contribution in [3.05, 3.63) is 15.3 Å². The molecule has 0 aromatic rings. The van der Waals surface area contributed by atoms with Crippen molar-refractivity contribution in [1.82, 2.24) is 0 Å². The van der Waals surface area contributed by atoms with Crippen molar-refractivity contribution in [3.63, 3.8) is 0 Å². The lowest BCUT2D eigenvalue weighted by Crippen LogP contribution is -2.48. The Bertz CT molecular complexity index is 294. The van der Waals surface area contributed by atoms with Gasteiger partial charge in [-0.25, -0.2) is 0 Å². The van der Waals surface area contributed by atoms with E-state index in [1.165, 1.54) is 77.0 Å². The standard InChI is InChI=1S/C19H42NO2.NO3/c1-3-4-5-6-7-8-9-10-11-12-13-14-15-20(2,16-18-21)17-19-22;2-1(3)4/h21-22H,3-19H2,1-2H3;/q+1;-1. The number of quaternary nitrogens is 1. The Labute approximate surface area is 159 Å². The van der Waals surface area contributed by atoms with Crippen LogP contribution in [0.25, 0.3) is 0 Å². The Hall–Kier alpha value is -0.920. The molecule has 0 saturated carbocycles. The molecule has 0 rings (SSSR count). The smallest absolute Gasteiger partial charge is 0.102 e. The fraction of sp³-hybridized carbons (Fsp3) is 1.00. The molecular formula is C19H42N2O5. The lowest BCUT2D eigenvalue weighted by atomic mass is 10.1. The van der Waals surface area contributed by atoms with E-state index in [1.54, 1.807) is 0 Å². The van der Waals surface area contributed by atoms with Crippen molar-refractivity contribution >= 4 is 0 Å². The summed E-state index contributed by atoms with van der Waals surface area (Å²) in [5.74, 6) is 0. The molecule has 0 heterocycles. The second kappa shape index (κ2) is 20.4. The van der Waals surface area contributed by atoms with Crippen LogP contribution in [0, 0.1) is 15.3 Å². The third-order valence-corrected chi connectivity index (χ3v) is 4.83. The molecule has 0 amide bonds. The number of unbranched alkanes of at least 4 members (excludes halogenated alkanes) is 11. The van der Waals surface area contributed by atoms with Crippen LogP contribution < -0.4 is 0 Å². The van der Waals surface area contributed by atoms with Crippen molar-refractivity contribution in [2.75, 3.05) is 39.9 Å². The second-order valence-electron chi connectivity index (χ2n) is 7.35. The molecule has 0 aliphatic rings. The minimum absolute atomic E-state index is 0.217. The molecule has 0 fully saturated rings. The summed E-state index contributed by atoms with van der Waals surface area (Å²) < 4.78 is 0.810. The maximum Gasteiger partial charge on any atom is 0.102 e. The van der Waals surface area contributed by atoms with Gasteiger partial charge in [-0.2, -0.15) is 0 Å². The summed E-state index contributed by atoms with van der Waals surface area (Å²) in [5.41, 5.74) is 0. The van der Waals surface area contributed by atoms with Crippen molar-refractivity contribution in [2.24, 2.45) is 0 Å². The molecule has 7 heteroatoms. The molecular weight excluding hydrogens is 336 g/mol. The van der Waals surface area contributed by atoms with Gasteiger partial charge in [0.1, 0.15) is 13.1 Å². The summed E-state index contributed by atoms with van der Waals surface area (Å²) in [7, 11) is 2.14. The predicted molar refractivity (Wildman–Crippen MR) is 106 cm³/mol. The summed E-state index contributed by atoms with van der Waals surface area (Å²) in [6.45, 7) is 5.31. The Morgan fingerprint density at radius 3 is 1.31 bits per heavy atom. The van der Waals surface area contributed by atoms with Crippen LogP contribution in [0.5, 0.6) is 0 Å². The van der Waals surface area contributed by atoms with Crippen LogP contribution >= 0.6 is 0 Å².